The number of ether oxygens (including phenoxy) is 1. The minimum absolute atomic E-state index is 0.0198. The molecule has 1 aromatic carbocycles. The second kappa shape index (κ2) is 7.28. The Bertz CT molecular complexity index is 657. The second-order valence-electron chi connectivity index (χ2n) is 6.55. The van der Waals surface area contributed by atoms with Crippen LogP contribution in [0.5, 0.6) is 0 Å². The molecule has 0 spiro atoms. The van der Waals surface area contributed by atoms with E-state index in [4.69, 9.17) is 4.74 Å². The number of para-hydroxylation sites is 1. The quantitative estimate of drug-likeness (QED) is 0.865. The monoisotopic (exact) mass is 324 g/mol. The number of hydrogen-bond acceptors (Lipinski definition) is 5. The normalized spacial score (nSPS) is 22.0. The Kier molecular flexibility index (Phi) is 4.71. The van der Waals surface area contributed by atoms with Crippen molar-refractivity contribution >= 4 is 5.69 Å². The Labute approximate surface area is 143 Å². The molecule has 2 aliphatic heterocycles. The number of benzene rings is 1. The van der Waals surface area contributed by atoms with Gasteiger partial charge in [0.05, 0.1) is 18.5 Å². The van der Waals surface area contributed by atoms with Crippen molar-refractivity contribution in [2.45, 2.75) is 25.5 Å². The first kappa shape index (κ1) is 15.5. The summed E-state index contributed by atoms with van der Waals surface area (Å²) in [5.41, 5.74) is 3.74. The maximum atomic E-state index is 5.91. The predicted molar refractivity (Wildman–Crippen MR) is 93.9 cm³/mol. The highest BCUT2D eigenvalue weighted by Gasteiger charge is 2.24. The van der Waals surface area contributed by atoms with E-state index in [9.17, 15) is 0 Å². The van der Waals surface area contributed by atoms with Crippen LogP contribution < -0.4 is 4.90 Å². The van der Waals surface area contributed by atoms with Crippen molar-refractivity contribution in [1.82, 2.24) is 14.9 Å². The molecule has 4 rings (SSSR count). The average molecular weight is 324 g/mol. The summed E-state index contributed by atoms with van der Waals surface area (Å²) in [6, 6.07) is 8.83. The van der Waals surface area contributed by atoms with Crippen LogP contribution in [0.2, 0.25) is 0 Å². The highest BCUT2D eigenvalue weighted by molar-refractivity contribution is 5.54. The maximum Gasteiger partial charge on any atom is 0.114 e. The van der Waals surface area contributed by atoms with Crippen molar-refractivity contribution in [2.75, 3.05) is 37.7 Å². The number of rotatable bonds is 4. The Morgan fingerprint density at radius 1 is 1.08 bits per heavy atom. The minimum atomic E-state index is 0.0198. The molecule has 2 fully saturated rings. The molecule has 2 aliphatic rings. The number of aromatic nitrogens is 2. The largest absolute Gasteiger partial charge is 0.371 e. The minimum Gasteiger partial charge on any atom is -0.371 e. The molecule has 2 saturated heterocycles. The summed E-state index contributed by atoms with van der Waals surface area (Å²) in [5.74, 6) is 0. The van der Waals surface area contributed by atoms with Crippen LogP contribution in [0.1, 0.15) is 30.2 Å². The van der Waals surface area contributed by atoms with Crippen LogP contribution in [-0.4, -0.2) is 47.7 Å². The molecule has 1 unspecified atom stereocenters. The third kappa shape index (κ3) is 3.42. The van der Waals surface area contributed by atoms with Crippen LogP contribution >= 0.6 is 0 Å². The molecule has 5 heteroatoms. The molecule has 0 N–H and O–H groups in total. The van der Waals surface area contributed by atoms with Crippen LogP contribution in [0.15, 0.2) is 42.9 Å². The van der Waals surface area contributed by atoms with E-state index in [1.54, 1.807) is 12.4 Å². The van der Waals surface area contributed by atoms with Gasteiger partial charge >= 0.3 is 0 Å². The van der Waals surface area contributed by atoms with Crippen molar-refractivity contribution in [3.8, 4) is 0 Å². The third-order valence-electron chi connectivity index (χ3n) is 4.90. The van der Waals surface area contributed by atoms with Gasteiger partial charge in [0.1, 0.15) is 6.10 Å². The van der Waals surface area contributed by atoms with Gasteiger partial charge in [-0.05, 0) is 24.5 Å². The Balaban J connectivity index is 1.47. The lowest BCUT2D eigenvalue weighted by Gasteiger charge is -2.33. The summed E-state index contributed by atoms with van der Waals surface area (Å²) >= 11 is 0. The molecule has 0 saturated carbocycles. The lowest BCUT2D eigenvalue weighted by Crippen LogP contribution is -2.38. The Morgan fingerprint density at radius 2 is 1.96 bits per heavy atom. The van der Waals surface area contributed by atoms with Crippen molar-refractivity contribution in [3.63, 3.8) is 0 Å². The van der Waals surface area contributed by atoms with Crippen LogP contribution in [-0.2, 0) is 11.3 Å². The van der Waals surface area contributed by atoms with E-state index in [0.717, 1.165) is 31.9 Å². The van der Waals surface area contributed by atoms with Gasteiger partial charge in [-0.15, -0.1) is 0 Å². The fourth-order valence-corrected chi connectivity index (χ4v) is 3.65. The first-order valence-electron chi connectivity index (χ1n) is 8.83. The summed E-state index contributed by atoms with van der Waals surface area (Å²) in [7, 11) is 0. The predicted octanol–water partition coefficient (Wildman–Crippen LogP) is 2.65. The average Bonchev–Trinajstić information content (AvgIpc) is 3.18. The van der Waals surface area contributed by atoms with E-state index in [1.165, 1.54) is 37.2 Å². The lowest BCUT2D eigenvalue weighted by atomic mass is 10.1. The van der Waals surface area contributed by atoms with Gasteiger partial charge in [-0.1, -0.05) is 18.2 Å². The zero-order valence-corrected chi connectivity index (χ0v) is 14.0. The van der Waals surface area contributed by atoms with Crippen LogP contribution in [0.4, 0.5) is 5.69 Å². The molecule has 0 aliphatic carbocycles. The molecule has 0 bridgehead atoms. The van der Waals surface area contributed by atoms with Gasteiger partial charge in [0.25, 0.3) is 0 Å². The molecule has 1 atom stereocenters. The van der Waals surface area contributed by atoms with Crippen molar-refractivity contribution in [2.24, 2.45) is 0 Å². The van der Waals surface area contributed by atoms with Gasteiger partial charge in [-0.25, -0.2) is 0 Å². The highest BCUT2D eigenvalue weighted by Crippen LogP contribution is 2.27. The summed E-state index contributed by atoms with van der Waals surface area (Å²) in [6.07, 6.45) is 7.89. The number of anilines is 1. The molecule has 0 amide bonds. The van der Waals surface area contributed by atoms with Crippen molar-refractivity contribution in [3.05, 3.63) is 54.1 Å². The van der Waals surface area contributed by atoms with Crippen molar-refractivity contribution < 1.29 is 4.74 Å². The summed E-state index contributed by atoms with van der Waals surface area (Å²) in [4.78, 5) is 13.6. The van der Waals surface area contributed by atoms with E-state index in [1.807, 2.05) is 6.20 Å². The van der Waals surface area contributed by atoms with E-state index < -0.39 is 0 Å². The van der Waals surface area contributed by atoms with Crippen LogP contribution in [0.25, 0.3) is 0 Å². The molecular weight excluding hydrogens is 300 g/mol. The summed E-state index contributed by atoms with van der Waals surface area (Å²) < 4.78 is 5.91. The van der Waals surface area contributed by atoms with Gasteiger partial charge in [0.2, 0.25) is 0 Å². The molecule has 126 valence electrons. The van der Waals surface area contributed by atoms with E-state index in [2.05, 4.69) is 44.0 Å². The fourth-order valence-electron chi connectivity index (χ4n) is 3.65. The molecular formula is C19H24N4O. The third-order valence-corrected chi connectivity index (χ3v) is 4.90. The molecule has 3 heterocycles. The SMILES string of the molecule is c1ccc(N2CCCC2)c(CN2CCOC(c3cnccn3)C2)c1. The molecule has 1 aromatic heterocycles. The highest BCUT2D eigenvalue weighted by atomic mass is 16.5. The summed E-state index contributed by atoms with van der Waals surface area (Å²) in [5, 5.41) is 0. The zero-order chi connectivity index (χ0) is 16.2. The second-order valence-corrected chi connectivity index (χ2v) is 6.55. The van der Waals surface area contributed by atoms with E-state index in [-0.39, 0.29) is 6.10 Å². The Morgan fingerprint density at radius 3 is 2.79 bits per heavy atom. The number of morpholine rings is 1. The zero-order valence-electron chi connectivity index (χ0n) is 14.0. The standard InChI is InChI=1S/C19H24N4O/c1-2-6-18(23-9-3-4-10-23)16(5-1)14-22-11-12-24-19(15-22)17-13-20-7-8-21-17/h1-2,5-8,13,19H,3-4,9-12,14-15H2. The number of hydrogen-bond donors (Lipinski definition) is 0. The number of nitrogens with zero attached hydrogens (tertiary/aromatic N) is 4. The Hall–Kier alpha value is -1.98. The van der Waals surface area contributed by atoms with Crippen LogP contribution in [0, 0.1) is 0 Å². The molecule has 2 aromatic rings. The van der Waals surface area contributed by atoms with Gasteiger partial charge < -0.3 is 9.64 Å². The molecule has 5 nitrogen and oxygen atoms in total. The lowest BCUT2D eigenvalue weighted by molar-refractivity contribution is -0.0351. The molecule has 24 heavy (non-hydrogen) atoms. The first-order chi connectivity index (χ1) is 11.9. The smallest absolute Gasteiger partial charge is 0.114 e. The van der Waals surface area contributed by atoms with Crippen molar-refractivity contribution in [1.29, 1.82) is 0 Å². The van der Waals surface area contributed by atoms with Gasteiger partial charge in [-0.3, -0.25) is 14.9 Å². The molecule has 0 radical (unpaired) electrons. The fraction of sp³-hybridized carbons (Fsp3) is 0.474. The van der Waals surface area contributed by atoms with E-state index in [0.29, 0.717) is 0 Å². The summed E-state index contributed by atoms with van der Waals surface area (Å²) in [6.45, 7) is 5.91. The van der Waals surface area contributed by atoms with Gasteiger partial charge in [0, 0.05) is 50.8 Å². The first-order valence-corrected chi connectivity index (χ1v) is 8.83. The topological polar surface area (TPSA) is 41.5 Å². The van der Waals surface area contributed by atoms with E-state index >= 15 is 0 Å². The van der Waals surface area contributed by atoms with Crippen LogP contribution in [0.3, 0.4) is 0 Å². The maximum absolute atomic E-state index is 5.91. The van der Waals surface area contributed by atoms with Gasteiger partial charge in [0.15, 0.2) is 0 Å². The van der Waals surface area contributed by atoms with Gasteiger partial charge in [-0.2, -0.15) is 0 Å².